The second-order valence-corrected chi connectivity index (χ2v) is 20.2. The van der Waals surface area contributed by atoms with Gasteiger partial charge in [-0.05, 0) is 0 Å². The average Bonchev–Trinajstić information content (AvgIpc) is 1.62. The van der Waals surface area contributed by atoms with Crippen molar-refractivity contribution in [3.05, 3.63) is 0 Å². The van der Waals surface area contributed by atoms with E-state index in [1.54, 1.807) is 0 Å². The van der Waals surface area contributed by atoms with Crippen LogP contribution in [0.25, 0.3) is 0 Å². The van der Waals surface area contributed by atoms with Gasteiger partial charge in [0.1, 0.15) is 0 Å². The molecule has 0 bridgehead atoms. The van der Waals surface area contributed by atoms with E-state index in [0.717, 1.165) is 0 Å². The molecule has 9 heavy (non-hydrogen) atoms. The maximum absolute atomic E-state index is 10.5. The van der Waals surface area contributed by atoms with Gasteiger partial charge in [-0.3, -0.25) is 0 Å². The summed E-state index contributed by atoms with van der Waals surface area (Å²) < 4.78 is 11.1. The third-order valence-corrected chi connectivity index (χ3v) is 4.01. The Morgan fingerprint density at radius 1 is 1.56 bits per heavy atom. The number of carbonyl (C=O) groups is 1. The standard InChI is InChI=1S/C2H3ClO2.3CH3.Pb/c3-1-2(4)5;;;;/h1H2,(H,4,5);3*1H3;/q;;;;+1/p-1. The molecule has 0 aromatic heterocycles. The van der Waals surface area contributed by atoms with Crippen LogP contribution in [-0.2, 0) is 7.48 Å². The first-order chi connectivity index (χ1) is 3.95. The van der Waals surface area contributed by atoms with E-state index in [4.69, 9.17) is 14.3 Å². The van der Waals surface area contributed by atoms with Gasteiger partial charge in [0.2, 0.25) is 0 Å². The van der Waals surface area contributed by atoms with Gasteiger partial charge >= 0.3 is 66.0 Å². The van der Waals surface area contributed by atoms with E-state index >= 15 is 0 Å². The van der Waals surface area contributed by atoms with Crippen molar-refractivity contribution in [3.8, 4) is 0 Å². The Balaban J connectivity index is 3.60. The average molecular weight is 346 g/mol. The topological polar surface area (TPSA) is 26.3 Å². The molecule has 0 saturated heterocycles. The first kappa shape index (κ1) is 9.68. The van der Waals surface area contributed by atoms with Crippen molar-refractivity contribution in [2.75, 3.05) is 5.88 Å². The van der Waals surface area contributed by atoms with Crippen LogP contribution in [0.3, 0.4) is 0 Å². The molecule has 4 heteroatoms. The first-order valence-corrected chi connectivity index (χ1v) is 16.5. The number of hydrogen-bond donors (Lipinski definition) is 0. The number of alkyl halides is 1. The van der Waals surface area contributed by atoms with E-state index in [2.05, 4.69) is 0 Å². The molecule has 0 rings (SSSR count). The molecule has 0 radical (unpaired) electrons. The van der Waals surface area contributed by atoms with Crippen molar-refractivity contribution in [3.63, 3.8) is 0 Å². The Kier molecular flexibility index (Phi) is 4.04. The molecule has 0 heterocycles. The SMILES string of the molecule is [CH3][Pb]([CH3])([CH3])[O]C(=O)CCl. The van der Waals surface area contributed by atoms with E-state index in [0.29, 0.717) is 0 Å². The summed E-state index contributed by atoms with van der Waals surface area (Å²) in [5.74, 6) is -0.289. The van der Waals surface area contributed by atoms with Crippen molar-refractivity contribution in [2.24, 2.45) is 0 Å². The van der Waals surface area contributed by atoms with E-state index in [1.165, 1.54) is 0 Å². The van der Waals surface area contributed by atoms with Crippen molar-refractivity contribution >= 4 is 39.2 Å². The molecule has 54 valence electrons. The predicted octanol–water partition coefficient (Wildman–Crippen LogP) is 1.60. The van der Waals surface area contributed by atoms with E-state index < -0.39 is 21.6 Å². The Morgan fingerprint density at radius 3 is 2.11 bits per heavy atom. The van der Waals surface area contributed by atoms with Crippen LogP contribution in [0.15, 0.2) is 0 Å². The Hall–Kier alpha value is 0.682. The van der Waals surface area contributed by atoms with Crippen LogP contribution < -0.4 is 0 Å². The molecule has 0 amide bonds. The molecule has 0 atom stereocenters. The minimum atomic E-state index is -2.43. The summed E-state index contributed by atoms with van der Waals surface area (Å²) in [6.07, 6.45) is 0. The van der Waals surface area contributed by atoms with Crippen molar-refractivity contribution < 1.29 is 7.48 Å². The zero-order valence-electron chi connectivity index (χ0n) is 5.90. The zero-order valence-corrected chi connectivity index (χ0v) is 10.5. The van der Waals surface area contributed by atoms with Gasteiger partial charge in [0.15, 0.2) is 0 Å². The van der Waals surface area contributed by atoms with E-state index in [-0.39, 0.29) is 11.8 Å². The molecular formula is C5H11ClO2Pb. The molecule has 0 aliphatic rings. The number of rotatable bonds is 2. The Bertz CT molecular complexity index is 108. The Morgan fingerprint density at radius 2 is 2.00 bits per heavy atom. The summed E-state index contributed by atoms with van der Waals surface area (Å²) in [6.45, 7) is 0. The molecule has 0 aromatic carbocycles. The molecule has 0 aliphatic carbocycles. The number of hydrogen-bond acceptors (Lipinski definition) is 2. The summed E-state index contributed by atoms with van der Waals surface area (Å²) >= 11 is 2.79. The molecule has 0 saturated carbocycles. The second-order valence-electron chi connectivity index (χ2n) is 2.72. The van der Waals surface area contributed by atoms with Crippen LogP contribution >= 0.6 is 11.6 Å². The molecule has 0 N–H and O–H groups in total. The summed E-state index contributed by atoms with van der Waals surface area (Å²) in [6, 6.07) is 0. The van der Waals surface area contributed by atoms with Crippen molar-refractivity contribution in [1.82, 2.24) is 0 Å². The van der Waals surface area contributed by atoms with Gasteiger partial charge in [-0.2, -0.15) is 0 Å². The molecule has 0 spiro atoms. The number of carbonyl (C=O) groups excluding carboxylic acids is 1. The quantitative estimate of drug-likeness (QED) is 0.561. The van der Waals surface area contributed by atoms with Crippen LogP contribution in [0.5, 0.6) is 0 Å². The summed E-state index contributed by atoms with van der Waals surface area (Å²) in [7, 11) is 0. The predicted molar refractivity (Wildman–Crippen MR) is 40.2 cm³/mol. The van der Waals surface area contributed by atoms with E-state index in [9.17, 15) is 4.79 Å². The summed E-state index contributed by atoms with van der Waals surface area (Å²) in [5, 5.41) is 0. The monoisotopic (exact) mass is 346 g/mol. The van der Waals surface area contributed by atoms with Crippen LogP contribution in [0.2, 0.25) is 13.4 Å². The first-order valence-electron chi connectivity index (χ1n) is 2.73. The van der Waals surface area contributed by atoms with Crippen LogP contribution in [0.4, 0.5) is 0 Å². The zero-order chi connectivity index (χ0) is 7.49. The fraction of sp³-hybridized carbons (Fsp3) is 0.800. The molecule has 0 aliphatic heterocycles. The van der Waals surface area contributed by atoms with Gasteiger partial charge in [0, 0.05) is 0 Å². The second kappa shape index (κ2) is 3.75. The minimum absolute atomic E-state index is 0.0166. The Labute approximate surface area is 65.8 Å². The molecule has 0 aromatic rings. The van der Waals surface area contributed by atoms with Crippen molar-refractivity contribution in [2.45, 2.75) is 13.4 Å². The third kappa shape index (κ3) is 6.57. The fourth-order valence-corrected chi connectivity index (χ4v) is 3.71. The molecule has 0 fully saturated rings. The van der Waals surface area contributed by atoms with Gasteiger partial charge in [0.25, 0.3) is 0 Å². The van der Waals surface area contributed by atoms with Crippen molar-refractivity contribution in [1.29, 1.82) is 0 Å². The fourth-order valence-electron chi connectivity index (χ4n) is 0.369. The maximum atomic E-state index is 10.5. The number of halogens is 1. The van der Waals surface area contributed by atoms with Gasteiger partial charge in [-0.1, -0.05) is 0 Å². The van der Waals surface area contributed by atoms with Gasteiger partial charge < -0.3 is 0 Å². The summed E-state index contributed by atoms with van der Waals surface area (Å²) in [4.78, 5) is 10.5. The van der Waals surface area contributed by atoms with Gasteiger partial charge in [0.05, 0.1) is 0 Å². The third-order valence-electron chi connectivity index (χ3n) is 0.529. The van der Waals surface area contributed by atoms with Gasteiger partial charge in [-0.15, -0.1) is 0 Å². The van der Waals surface area contributed by atoms with E-state index in [1.807, 2.05) is 13.4 Å². The normalized spacial score (nSPS) is 11.1. The van der Waals surface area contributed by atoms with Gasteiger partial charge in [-0.25, -0.2) is 0 Å². The molecule has 2 nitrogen and oxygen atoms in total. The molecule has 0 unspecified atom stereocenters. The van der Waals surface area contributed by atoms with Crippen LogP contribution in [0.1, 0.15) is 0 Å². The van der Waals surface area contributed by atoms with Crippen LogP contribution in [0, 0.1) is 0 Å². The molecular weight excluding hydrogens is 335 g/mol. The van der Waals surface area contributed by atoms with Crippen LogP contribution in [-0.4, -0.2) is 33.5 Å². The summed E-state index contributed by atoms with van der Waals surface area (Å²) in [5.41, 5.74) is 0.